The van der Waals surface area contributed by atoms with Crippen molar-refractivity contribution >= 4 is 20.6 Å². The van der Waals surface area contributed by atoms with Crippen molar-refractivity contribution < 1.29 is 8.42 Å². The third-order valence-corrected chi connectivity index (χ3v) is 5.63. The van der Waals surface area contributed by atoms with Crippen LogP contribution in [-0.4, -0.2) is 8.42 Å². The molecule has 0 fully saturated rings. The molecule has 0 atom stereocenters. The molecule has 3 aromatic rings. The third kappa shape index (κ3) is 2.34. The number of rotatable bonds is 2. The zero-order valence-corrected chi connectivity index (χ0v) is 12.8. The summed E-state index contributed by atoms with van der Waals surface area (Å²) in [6.07, 6.45) is 0. The minimum atomic E-state index is -3.51. The van der Waals surface area contributed by atoms with Crippen molar-refractivity contribution in [3.8, 4) is 0 Å². The van der Waals surface area contributed by atoms with E-state index in [1.807, 2.05) is 56.3 Å². The van der Waals surface area contributed by atoms with Gasteiger partial charge < -0.3 is 0 Å². The van der Waals surface area contributed by atoms with Crippen LogP contribution in [0.1, 0.15) is 11.1 Å². The second kappa shape index (κ2) is 5.01. The summed E-state index contributed by atoms with van der Waals surface area (Å²) in [5, 5.41) is 1.70. The summed E-state index contributed by atoms with van der Waals surface area (Å²) >= 11 is 0. The maximum atomic E-state index is 13.0. The molecule has 0 bridgehead atoms. The molecule has 0 saturated carbocycles. The van der Waals surface area contributed by atoms with Crippen LogP contribution in [0.15, 0.2) is 70.5 Å². The second-order valence-electron chi connectivity index (χ2n) is 5.25. The zero-order chi connectivity index (χ0) is 15.0. The van der Waals surface area contributed by atoms with Crippen LogP contribution in [0, 0.1) is 13.8 Å². The molecule has 0 saturated heterocycles. The summed E-state index contributed by atoms with van der Waals surface area (Å²) in [6.45, 7) is 3.80. The molecule has 0 aliphatic rings. The Balaban J connectivity index is 2.30. The number of aryl methyl sites for hydroxylation is 2. The van der Waals surface area contributed by atoms with Gasteiger partial charge in [-0.1, -0.05) is 54.1 Å². The molecule has 0 aliphatic heterocycles. The Bertz CT molecular complexity index is 920. The van der Waals surface area contributed by atoms with E-state index in [0.29, 0.717) is 9.79 Å². The fraction of sp³-hybridized carbons (Fsp3) is 0.111. The van der Waals surface area contributed by atoms with Crippen molar-refractivity contribution in [3.63, 3.8) is 0 Å². The fourth-order valence-electron chi connectivity index (χ4n) is 2.65. The van der Waals surface area contributed by atoms with Gasteiger partial charge in [0.2, 0.25) is 9.84 Å². The Hall–Kier alpha value is -2.13. The van der Waals surface area contributed by atoms with E-state index in [-0.39, 0.29) is 0 Å². The first-order chi connectivity index (χ1) is 10.00. The van der Waals surface area contributed by atoms with Crippen LogP contribution < -0.4 is 0 Å². The van der Waals surface area contributed by atoms with Gasteiger partial charge in [-0.2, -0.15) is 0 Å². The molecule has 0 aliphatic carbocycles. The molecule has 3 aromatic carbocycles. The molecule has 0 amide bonds. The summed E-state index contributed by atoms with van der Waals surface area (Å²) in [5.74, 6) is 0. The lowest BCUT2D eigenvalue weighted by Gasteiger charge is -2.11. The number of sulfone groups is 1. The molecular formula is C18H16O2S. The Kier molecular flexibility index (Phi) is 3.30. The topological polar surface area (TPSA) is 34.1 Å². The van der Waals surface area contributed by atoms with E-state index in [1.54, 1.807) is 18.2 Å². The van der Waals surface area contributed by atoms with Gasteiger partial charge in [0.1, 0.15) is 0 Å². The highest BCUT2D eigenvalue weighted by Gasteiger charge is 2.21. The van der Waals surface area contributed by atoms with Crippen molar-refractivity contribution in [2.45, 2.75) is 23.6 Å². The summed E-state index contributed by atoms with van der Waals surface area (Å²) in [4.78, 5) is 0.747. The summed E-state index contributed by atoms with van der Waals surface area (Å²) in [6, 6.07) is 18.4. The van der Waals surface area contributed by atoms with E-state index < -0.39 is 9.84 Å². The molecule has 21 heavy (non-hydrogen) atoms. The van der Waals surface area contributed by atoms with Gasteiger partial charge in [0.05, 0.1) is 9.79 Å². The van der Waals surface area contributed by atoms with Crippen LogP contribution in [0.3, 0.4) is 0 Å². The summed E-state index contributed by atoms with van der Waals surface area (Å²) < 4.78 is 26.0. The first-order valence-corrected chi connectivity index (χ1v) is 8.28. The Morgan fingerprint density at radius 1 is 0.762 bits per heavy atom. The molecule has 0 spiro atoms. The van der Waals surface area contributed by atoms with Crippen molar-refractivity contribution in [2.24, 2.45) is 0 Å². The first kappa shape index (κ1) is 13.8. The molecular weight excluding hydrogens is 280 g/mol. The van der Waals surface area contributed by atoms with Crippen LogP contribution >= 0.6 is 0 Å². The molecule has 0 heterocycles. The molecule has 3 rings (SSSR count). The Morgan fingerprint density at radius 2 is 1.48 bits per heavy atom. The maximum absolute atomic E-state index is 13.0. The predicted octanol–water partition coefficient (Wildman–Crippen LogP) is 4.29. The summed E-state index contributed by atoms with van der Waals surface area (Å²) in [5.41, 5.74) is 1.84. The number of hydrogen-bond acceptors (Lipinski definition) is 2. The van der Waals surface area contributed by atoms with E-state index in [1.165, 1.54) is 0 Å². The average molecular weight is 296 g/mol. The number of fused-ring (bicyclic) bond motifs is 1. The minimum Gasteiger partial charge on any atom is -0.218 e. The van der Waals surface area contributed by atoms with Gasteiger partial charge in [-0.05, 0) is 36.9 Å². The van der Waals surface area contributed by atoms with Crippen LogP contribution in [0.25, 0.3) is 10.8 Å². The molecule has 0 unspecified atom stereocenters. The lowest BCUT2D eigenvalue weighted by Crippen LogP contribution is -2.05. The van der Waals surface area contributed by atoms with E-state index >= 15 is 0 Å². The molecule has 0 radical (unpaired) electrons. The third-order valence-electron chi connectivity index (χ3n) is 3.66. The van der Waals surface area contributed by atoms with Gasteiger partial charge in [0, 0.05) is 5.39 Å². The zero-order valence-electron chi connectivity index (χ0n) is 12.0. The molecule has 106 valence electrons. The van der Waals surface area contributed by atoms with Gasteiger partial charge in [0.25, 0.3) is 0 Å². The highest BCUT2D eigenvalue weighted by molar-refractivity contribution is 7.91. The predicted molar refractivity (Wildman–Crippen MR) is 85.3 cm³/mol. The largest absolute Gasteiger partial charge is 0.218 e. The normalized spacial score (nSPS) is 11.7. The van der Waals surface area contributed by atoms with Gasteiger partial charge in [-0.3, -0.25) is 0 Å². The average Bonchev–Trinajstić information content (AvgIpc) is 2.46. The fourth-order valence-corrected chi connectivity index (χ4v) is 4.35. The first-order valence-electron chi connectivity index (χ1n) is 6.80. The summed E-state index contributed by atoms with van der Waals surface area (Å²) in [7, 11) is -3.51. The molecule has 0 aromatic heterocycles. The van der Waals surface area contributed by atoms with Gasteiger partial charge in [-0.25, -0.2) is 8.42 Å². The van der Waals surface area contributed by atoms with Crippen molar-refractivity contribution in [3.05, 3.63) is 71.8 Å². The van der Waals surface area contributed by atoms with Gasteiger partial charge in [-0.15, -0.1) is 0 Å². The highest BCUT2D eigenvalue weighted by atomic mass is 32.2. The Morgan fingerprint density at radius 3 is 2.24 bits per heavy atom. The molecule has 0 N–H and O–H groups in total. The minimum absolute atomic E-state index is 0.368. The number of hydrogen-bond donors (Lipinski definition) is 0. The quantitative estimate of drug-likeness (QED) is 0.707. The van der Waals surface area contributed by atoms with E-state index in [9.17, 15) is 8.42 Å². The van der Waals surface area contributed by atoms with Crippen LogP contribution in [0.2, 0.25) is 0 Å². The van der Waals surface area contributed by atoms with Gasteiger partial charge >= 0.3 is 0 Å². The van der Waals surface area contributed by atoms with E-state index in [0.717, 1.165) is 21.9 Å². The monoisotopic (exact) mass is 296 g/mol. The van der Waals surface area contributed by atoms with Gasteiger partial charge in [0.15, 0.2) is 0 Å². The second-order valence-corrected chi connectivity index (χ2v) is 7.14. The SMILES string of the molecule is Cc1ccc(S(=O)(=O)c2cccc3ccccc23)c(C)c1. The van der Waals surface area contributed by atoms with E-state index in [4.69, 9.17) is 0 Å². The van der Waals surface area contributed by atoms with Crippen molar-refractivity contribution in [1.29, 1.82) is 0 Å². The lowest BCUT2D eigenvalue weighted by molar-refractivity contribution is 0.596. The van der Waals surface area contributed by atoms with Crippen molar-refractivity contribution in [1.82, 2.24) is 0 Å². The maximum Gasteiger partial charge on any atom is 0.207 e. The van der Waals surface area contributed by atoms with Crippen LogP contribution in [-0.2, 0) is 9.84 Å². The number of benzene rings is 3. The van der Waals surface area contributed by atoms with Crippen LogP contribution in [0.5, 0.6) is 0 Å². The standard InChI is InChI=1S/C18H16O2S/c1-13-10-11-17(14(2)12-13)21(19,20)18-9-5-7-15-6-3-4-8-16(15)18/h3-12H,1-2H3. The van der Waals surface area contributed by atoms with Crippen molar-refractivity contribution in [2.75, 3.05) is 0 Å². The smallest absolute Gasteiger partial charge is 0.207 e. The lowest BCUT2D eigenvalue weighted by atomic mass is 10.1. The molecule has 2 nitrogen and oxygen atoms in total. The highest BCUT2D eigenvalue weighted by Crippen LogP contribution is 2.30. The molecule has 3 heteroatoms. The Labute approximate surface area is 125 Å². The van der Waals surface area contributed by atoms with Crippen LogP contribution in [0.4, 0.5) is 0 Å². The van der Waals surface area contributed by atoms with E-state index in [2.05, 4.69) is 0 Å².